The van der Waals surface area contributed by atoms with Crippen molar-refractivity contribution in [3.63, 3.8) is 0 Å². The third-order valence-electron chi connectivity index (χ3n) is 2.57. The smallest absolute Gasteiger partial charge is 0.194 e. The second-order valence-corrected chi connectivity index (χ2v) is 4.45. The van der Waals surface area contributed by atoms with Crippen LogP contribution in [0.4, 0.5) is 4.39 Å². The summed E-state index contributed by atoms with van der Waals surface area (Å²) in [6, 6.07) is 6.79. The highest BCUT2D eigenvalue weighted by Crippen LogP contribution is 2.28. The molecule has 0 atom stereocenters. The number of hydrogen-bond acceptors (Lipinski definition) is 2. The molecule has 0 unspecified atom stereocenters. The monoisotopic (exact) mass is 232 g/mol. The van der Waals surface area contributed by atoms with Crippen LogP contribution in [-0.2, 0) is 0 Å². The molecule has 2 nitrogen and oxygen atoms in total. The van der Waals surface area contributed by atoms with Crippen molar-refractivity contribution >= 4 is 16.3 Å². The fraction of sp³-hybridized carbons (Fsp3) is 0.0833. The van der Waals surface area contributed by atoms with E-state index in [0.717, 1.165) is 16.3 Å². The second kappa shape index (κ2) is 3.42. The molecule has 0 aliphatic carbocycles. The highest BCUT2D eigenvalue weighted by Gasteiger charge is 2.14. The summed E-state index contributed by atoms with van der Waals surface area (Å²) in [6.07, 6.45) is 1.92. The number of hydrogen-bond donors (Lipinski definition) is 0. The fourth-order valence-corrected chi connectivity index (χ4v) is 2.63. The number of benzene rings is 1. The summed E-state index contributed by atoms with van der Waals surface area (Å²) in [7, 11) is 0. The van der Waals surface area contributed by atoms with E-state index in [1.807, 2.05) is 29.0 Å². The molecule has 0 amide bonds. The van der Waals surface area contributed by atoms with Gasteiger partial charge in [0.25, 0.3) is 0 Å². The topological polar surface area (TPSA) is 17.3 Å². The van der Waals surface area contributed by atoms with Crippen molar-refractivity contribution in [2.45, 2.75) is 6.92 Å². The van der Waals surface area contributed by atoms with Gasteiger partial charge in [0.1, 0.15) is 5.82 Å². The lowest BCUT2D eigenvalue weighted by Gasteiger charge is -2.02. The molecule has 0 saturated heterocycles. The van der Waals surface area contributed by atoms with Crippen LogP contribution in [0.3, 0.4) is 0 Å². The maximum absolute atomic E-state index is 13.7. The molecule has 2 aromatic heterocycles. The predicted octanol–water partition coefficient (Wildman–Crippen LogP) is 3.51. The molecular formula is C12H9FN2S. The molecule has 0 spiro atoms. The van der Waals surface area contributed by atoms with Crippen LogP contribution in [0, 0.1) is 12.7 Å². The quantitative estimate of drug-likeness (QED) is 0.627. The first kappa shape index (κ1) is 9.54. The molecule has 80 valence electrons. The molecule has 0 radical (unpaired) electrons. The second-order valence-electron chi connectivity index (χ2n) is 3.58. The van der Waals surface area contributed by atoms with Crippen molar-refractivity contribution in [2.24, 2.45) is 0 Å². The number of nitrogens with zero attached hydrogens (tertiary/aromatic N) is 2. The molecule has 0 aliphatic heterocycles. The number of thiazole rings is 1. The van der Waals surface area contributed by atoms with E-state index in [4.69, 9.17) is 0 Å². The van der Waals surface area contributed by atoms with Gasteiger partial charge in [-0.3, -0.25) is 4.40 Å². The molecule has 16 heavy (non-hydrogen) atoms. The Labute approximate surface area is 96.0 Å². The lowest BCUT2D eigenvalue weighted by atomic mass is 10.1. The first-order valence-electron chi connectivity index (χ1n) is 4.94. The van der Waals surface area contributed by atoms with E-state index in [-0.39, 0.29) is 5.82 Å². The molecule has 0 bridgehead atoms. The number of rotatable bonds is 1. The lowest BCUT2D eigenvalue weighted by Crippen LogP contribution is -1.89. The van der Waals surface area contributed by atoms with Gasteiger partial charge in [0.2, 0.25) is 0 Å². The molecule has 0 fully saturated rings. The molecular weight excluding hydrogens is 223 g/mol. The lowest BCUT2D eigenvalue weighted by molar-refractivity contribution is 0.630. The van der Waals surface area contributed by atoms with Gasteiger partial charge in [0.05, 0.1) is 11.4 Å². The number of imidazole rings is 1. The first-order valence-corrected chi connectivity index (χ1v) is 5.82. The normalized spacial score (nSPS) is 11.1. The summed E-state index contributed by atoms with van der Waals surface area (Å²) in [4.78, 5) is 5.30. The molecule has 3 rings (SSSR count). The van der Waals surface area contributed by atoms with Crippen LogP contribution in [-0.4, -0.2) is 9.38 Å². The molecule has 1 aromatic carbocycles. The van der Waals surface area contributed by atoms with E-state index in [2.05, 4.69) is 4.98 Å². The summed E-state index contributed by atoms with van der Waals surface area (Å²) >= 11 is 1.55. The van der Waals surface area contributed by atoms with Gasteiger partial charge in [-0.2, -0.15) is 0 Å². The molecule has 2 heterocycles. The summed E-state index contributed by atoms with van der Waals surface area (Å²) < 4.78 is 15.7. The summed E-state index contributed by atoms with van der Waals surface area (Å²) in [5.41, 5.74) is 2.30. The minimum absolute atomic E-state index is 0.210. The summed E-state index contributed by atoms with van der Waals surface area (Å²) in [5.74, 6) is -0.210. The van der Waals surface area contributed by atoms with Gasteiger partial charge in [-0.1, -0.05) is 12.1 Å². The van der Waals surface area contributed by atoms with Gasteiger partial charge in [0.15, 0.2) is 4.96 Å². The van der Waals surface area contributed by atoms with Gasteiger partial charge in [-0.05, 0) is 19.1 Å². The Morgan fingerprint density at radius 3 is 2.94 bits per heavy atom. The number of aromatic nitrogens is 2. The van der Waals surface area contributed by atoms with E-state index in [1.165, 1.54) is 6.07 Å². The maximum atomic E-state index is 13.7. The third-order valence-corrected chi connectivity index (χ3v) is 3.32. The SMILES string of the molecule is Cc1nc2sccn2c1-c1ccccc1F. The third kappa shape index (κ3) is 1.27. The van der Waals surface area contributed by atoms with E-state index in [9.17, 15) is 4.39 Å². The Bertz CT molecular complexity index is 654. The van der Waals surface area contributed by atoms with E-state index in [1.54, 1.807) is 23.5 Å². The fourth-order valence-electron chi connectivity index (χ4n) is 1.87. The Hall–Kier alpha value is -1.68. The van der Waals surface area contributed by atoms with Crippen LogP contribution in [0.15, 0.2) is 35.8 Å². The van der Waals surface area contributed by atoms with Crippen LogP contribution in [0.2, 0.25) is 0 Å². The van der Waals surface area contributed by atoms with Gasteiger partial charge in [0, 0.05) is 17.1 Å². The Morgan fingerprint density at radius 2 is 2.12 bits per heavy atom. The van der Waals surface area contributed by atoms with Gasteiger partial charge >= 0.3 is 0 Å². The Balaban J connectivity index is 2.37. The molecule has 4 heteroatoms. The number of aryl methyl sites for hydroxylation is 1. The predicted molar refractivity (Wildman–Crippen MR) is 63.2 cm³/mol. The zero-order chi connectivity index (χ0) is 11.1. The average molecular weight is 232 g/mol. The molecule has 0 aliphatic rings. The molecule has 0 saturated carbocycles. The highest BCUT2D eigenvalue weighted by molar-refractivity contribution is 7.15. The largest absolute Gasteiger partial charge is 0.290 e. The highest BCUT2D eigenvalue weighted by atomic mass is 32.1. The van der Waals surface area contributed by atoms with Crippen molar-refractivity contribution in [1.29, 1.82) is 0 Å². The van der Waals surface area contributed by atoms with Gasteiger partial charge in [-0.25, -0.2) is 9.37 Å². The summed E-state index contributed by atoms with van der Waals surface area (Å²) in [6.45, 7) is 1.90. The molecule has 0 N–H and O–H groups in total. The number of halogens is 1. The average Bonchev–Trinajstić information content (AvgIpc) is 2.79. The standard InChI is InChI=1S/C12H9FN2S/c1-8-11(9-4-2-3-5-10(9)13)15-6-7-16-12(15)14-8/h2-7H,1H3. The van der Waals surface area contributed by atoms with Crippen LogP contribution >= 0.6 is 11.3 Å². The Morgan fingerprint density at radius 1 is 1.31 bits per heavy atom. The van der Waals surface area contributed by atoms with Crippen molar-refractivity contribution in [3.05, 3.63) is 47.4 Å². The van der Waals surface area contributed by atoms with Crippen molar-refractivity contribution in [3.8, 4) is 11.3 Å². The maximum Gasteiger partial charge on any atom is 0.194 e. The van der Waals surface area contributed by atoms with Crippen molar-refractivity contribution in [1.82, 2.24) is 9.38 Å². The number of fused-ring (bicyclic) bond motifs is 1. The van der Waals surface area contributed by atoms with E-state index >= 15 is 0 Å². The van der Waals surface area contributed by atoms with Crippen LogP contribution in [0.25, 0.3) is 16.2 Å². The first-order chi connectivity index (χ1) is 7.77. The van der Waals surface area contributed by atoms with Gasteiger partial charge < -0.3 is 0 Å². The van der Waals surface area contributed by atoms with Gasteiger partial charge in [-0.15, -0.1) is 11.3 Å². The van der Waals surface area contributed by atoms with Crippen molar-refractivity contribution < 1.29 is 4.39 Å². The van der Waals surface area contributed by atoms with Crippen LogP contribution in [0.5, 0.6) is 0 Å². The minimum atomic E-state index is -0.210. The zero-order valence-electron chi connectivity index (χ0n) is 8.64. The zero-order valence-corrected chi connectivity index (χ0v) is 9.46. The van der Waals surface area contributed by atoms with Crippen LogP contribution < -0.4 is 0 Å². The summed E-state index contributed by atoms with van der Waals surface area (Å²) in [5, 5.41) is 1.95. The Kier molecular flexibility index (Phi) is 2.04. The van der Waals surface area contributed by atoms with Crippen molar-refractivity contribution in [2.75, 3.05) is 0 Å². The van der Waals surface area contributed by atoms with Crippen LogP contribution in [0.1, 0.15) is 5.69 Å². The minimum Gasteiger partial charge on any atom is -0.290 e. The van der Waals surface area contributed by atoms with E-state index < -0.39 is 0 Å². The van der Waals surface area contributed by atoms with E-state index in [0.29, 0.717) is 5.56 Å². The molecule has 3 aromatic rings.